The highest BCUT2D eigenvalue weighted by Crippen LogP contribution is 2.17. The largest absolute Gasteiger partial charge is 0.301 e. The zero-order valence-corrected chi connectivity index (χ0v) is 7.99. The molecule has 0 rings (SSSR count). The Morgan fingerprint density at radius 1 is 1.27 bits per heavy atom. The van der Waals surface area contributed by atoms with Crippen LogP contribution in [-0.4, -0.2) is 11.5 Å². The van der Waals surface area contributed by atoms with Crippen LogP contribution in [0.2, 0.25) is 0 Å². The minimum atomic E-state index is -0.401. The van der Waals surface area contributed by atoms with Crippen LogP contribution >= 0.6 is 0 Å². The molecular weight excluding hydrogens is 138 g/mol. The van der Waals surface area contributed by atoms with Crippen molar-refractivity contribution >= 4 is 11.5 Å². The Kier molecular flexibility index (Phi) is 2.97. The van der Waals surface area contributed by atoms with Gasteiger partial charge >= 0.3 is 0 Å². The van der Waals surface area contributed by atoms with Crippen molar-refractivity contribution in [1.82, 2.24) is 0 Å². The quantitative estimate of drug-likeness (QED) is 0.610. The Morgan fingerprint density at radius 3 is 1.73 bits per heavy atom. The minimum Gasteiger partial charge on any atom is -0.301 e. The molecule has 0 aliphatic rings. The second kappa shape index (κ2) is 3.16. The number of nitrogens with one attached hydrogen (secondary N) is 1. The second-order valence-corrected chi connectivity index (χ2v) is 4.15. The fourth-order valence-corrected chi connectivity index (χ4v) is 0.666. The Balaban J connectivity index is 4.40. The normalized spacial score (nSPS) is 11.8. The first-order valence-electron chi connectivity index (χ1n) is 3.90. The van der Waals surface area contributed by atoms with Gasteiger partial charge in [0.25, 0.3) is 0 Å². The van der Waals surface area contributed by atoms with Crippen LogP contribution in [0.4, 0.5) is 0 Å². The molecule has 64 valence electrons. The smallest absolute Gasteiger partial charge is 0.181 e. The van der Waals surface area contributed by atoms with Gasteiger partial charge in [-0.1, -0.05) is 34.6 Å². The summed E-state index contributed by atoms with van der Waals surface area (Å²) < 4.78 is 0. The number of hydrogen-bond donors (Lipinski definition) is 1. The molecule has 0 aromatic heterocycles. The topological polar surface area (TPSA) is 40.9 Å². The summed E-state index contributed by atoms with van der Waals surface area (Å²) in [5.41, 5.74) is -0.168. The van der Waals surface area contributed by atoms with Crippen LogP contribution in [0.25, 0.3) is 0 Å². The van der Waals surface area contributed by atoms with Crippen LogP contribution in [0.15, 0.2) is 0 Å². The maximum atomic E-state index is 11.4. The van der Waals surface area contributed by atoms with Crippen LogP contribution in [0.3, 0.4) is 0 Å². The molecule has 0 saturated heterocycles. The molecule has 0 aromatic carbocycles. The van der Waals surface area contributed by atoms with E-state index in [1.807, 2.05) is 34.6 Å². The van der Waals surface area contributed by atoms with Crippen LogP contribution in [-0.2, 0) is 4.79 Å². The van der Waals surface area contributed by atoms with E-state index < -0.39 is 5.41 Å². The van der Waals surface area contributed by atoms with Gasteiger partial charge in [-0.3, -0.25) is 4.79 Å². The first-order chi connectivity index (χ1) is 4.76. The van der Waals surface area contributed by atoms with Gasteiger partial charge in [0.15, 0.2) is 5.78 Å². The standard InChI is InChI=1S/C9H17NO/c1-6(2)7(10)8(11)9(3,4)5/h6,10H,1-5H3. The third-order valence-corrected chi connectivity index (χ3v) is 1.50. The zero-order valence-electron chi connectivity index (χ0n) is 7.99. The lowest BCUT2D eigenvalue weighted by Crippen LogP contribution is -2.30. The van der Waals surface area contributed by atoms with E-state index in [1.54, 1.807) is 0 Å². The molecule has 0 bridgehead atoms. The first-order valence-corrected chi connectivity index (χ1v) is 3.90. The van der Waals surface area contributed by atoms with Crippen LogP contribution < -0.4 is 0 Å². The summed E-state index contributed by atoms with van der Waals surface area (Å²) in [6, 6.07) is 0. The van der Waals surface area contributed by atoms with E-state index in [0.717, 1.165) is 0 Å². The van der Waals surface area contributed by atoms with Gasteiger partial charge in [0, 0.05) is 5.41 Å². The molecule has 0 heterocycles. The van der Waals surface area contributed by atoms with E-state index in [9.17, 15) is 4.79 Å². The van der Waals surface area contributed by atoms with E-state index in [1.165, 1.54) is 0 Å². The average molecular weight is 155 g/mol. The monoisotopic (exact) mass is 155 g/mol. The predicted molar refractivity (Wildman–Crippen MR) is 47.0 cm³/mol. The number of hydrogen-bond acceptors (Lipinski definition) is 2. The van der Waals surface area contributed by atoms with Gasteiger partial charge in [-0.05, 0) is 5.92 Å². The molecule has 0 fully saturated rings. The number of ketones is 1. The third-order valence-electron chi connectivity index (χ3n) is 1.50. The molecule has 11 heavy (non-hydrogen) atoms. The Hall–Kier alpha value is -0.660. The lowest BCUT2D eigenvalue weighted by molar-refractivity contribution is -0.119. The third kappa shape index (κ3) is 2.83. The lowest BCUT2D eigenvalue weighted by atomic mass is 9.85. The van der Waals surface area contributed by atoms with Gasteiger partial charge in [-0.15, -0.1) is 0 Å². The van der Waals surface area contributed by atoms with E-state index in [0.29, 0.717) is 0 Å². The summed E-state index contributed by atoms with van der Waals surface area (Å²) >= 11 is 0. The molecule has 0 aromatic rings. The molecule has 0 radical (unpaired) electrons. The molecule has 0 aliphatic carbocycles. The first kappa shape index (κ1) is 10.3. The van der Waals surface area contributed by atoms with E-state index in [-0.39, 0.29) is 17.4 Å². The van der Waals surface area contributed by atoms with Crippen molar-refractivity contribution in [2.24, 2.45) is 11.3 Å². The highest BCUT2D eigenvalue weighted by molar-refractivity contribution is 6.40. The number of Topliss-reactive ketones (excluding diaryl/α,β-unsaturated/α-hetero) is 1. The number of carbonyl (C=O) groups is 1. The molecule has 1 N–H and O–H groups in total. The van der Waals surface area contributed by atoms with Crippen molar-refractivity contribution in [3.05, 3.63) is 0 Å². The van der Waals surface area contributed by atoms with E-state index in [4.69, 9.17) is 5.41 Å². The molecule has 2 nitrogen and oxygen atoms in total. The van der Waals surface area contributed by atoms with E-state index >= 15 is 0 Å². The van der Waals surface area contributed by atoms with Gasteiger partial charge in [0.2, 0.25) is 0 Å². The molecule has 0 aliphatic heterocycles. The van der Waals surface area contributed by atoms with Gasteiger partial charge in [0.1, 0.15) is 0 Å². The summed E-state index contributed by atoms with van der Waals surface area (Å²) in [5.74, 6) is -0.00535. The maximum absolute atomic E-state index is 11.4. The summed E-state index contributed by atoms with van der Waals surface area (Å²) in [7, 11) is 0. The lowest BCUT2D eigenvalue weighted by Gasteiger charge is -2.18. The molecule has 0 unspecified atom stereocenters. The van der Waals surface area contributed by atoms with Crippen molar-refractivity contribution in [3.63, 3.8) is 0 Å². The van der Waals surface area contributed by atoms with Gasteiger partial charge in [-0.2, -0.15) is 0 Å². The highest BCUT2D eigenvalue weighted by atomic mass is 16.1. The molecule has 2 heteroatoms. The predicted octanol–water partition coefficient (Wildman–Crippen LogP) is 2.28. The Morgan fingerprint density at radius 2 is 1.64 bits per heavy atom. The maximum Gasteiger partial charge on any atom is 0.181 e. The van der Waals surface area contributed by atoms with Crippen molar-refractivity contribution in [1.29, 1.82) is 5.41 Å². The zero-order chi connectivity index (χ0) is 9.23. The summed E-state index contributed by atoms with van der Waals surface area (Å²) in [6.07, 6.45) is 0. The highest BCUT2D eigenvalue weighted by Gasteiger charge is 2.26. The van der Waals surface area contributed by atoms with Crippen LogP contribution in [0.5, 0.6) is 0 Å². The molecule has 0 atom stereocenters. The number of carbonyl (C=O) groups excluding carboxylic acids is 1. The van der Waals surface area contributed by atoms with Gasteiger partial charge < -0.3 is 5.41 Å². The molecule has 0 saturated carbocycles. The summed E-state index contributed by atoms with van der Waals surface area (Å²) in [6.45, 7) is 9.25. The van der Waals surface area contributed by atoms with Gasteiger partial charge in [-0.25, -0.2) is 0 Å². The number of rotatable bonds is 2. The van der Waals surface area contributed by atoms with Crippen molar-refractivity contribution in [2.75, 3.05) is 0 Å². The molecular formula is C9H17NO. The van der Waals surface area contributed by atoms with Crippen molar-refractivity contribution in [3.8, 4) is 0 Å². The minimum absolute atomic E-state index is 0.0433. The van der Waals surface area contributed by atoms with Gasteiger partial charge in [0.05, 0.1) is 5.71 Å². The van der Waals surface area contributed by atoms with E-state index in [2.05, 4.69) is 0 Å². The summed E-state index contributed by atoms with van der Waals surface area (Å²) in [5, 5.41) is 7.46. The fourth-order valence-electron chi connectivity index (χ4n) is 0.666. The van der Waals surface area contributed by atoms with Crippen molar-refractivity contribution < 1.29 is 4.79 Å². The van der Waals surface area contributed by atoms with Crippen LogP contribution in [0, 0.1) is 16.7 Å². The SMILES string of the molecule is CC(C)C(=N)C(=O)C(C)(C)C. The summed E-state index contributed by atoms with van der Waals surface area (Å²) in [4.78, 5) is 11.4. The fraction of sp³-hybridized carbons (Fsp3) is 0.778. The molecule has 0 amide bonds. The van der Waals surface area contributed by atoms with Crippen molar-refractivity contribution in [2.45, 2.75) is 34.6 Å². The Bertz CT molecular complexity index is 174. The average Bonchev–Trinajstić information content (AvgIpc) is 1.82. The van der Waals surface area contributed by atoms with Crippen LogP contribution in [0.1, 0.15) is 34.6 Å². The second-order valence-electron chi connectivity index (χ2n) is 4.15. The molecule has 0 spiro atoms. The Labute approximate surface area is 68.5 Å².